The first kappa shape index (κ1) is 20.0. The van der Waals surface area contributed by atoms with E-state index in [0.717, 1.165) is 38.5 Å². The van der Waals surface area contributed by atoms with Gasteiger partial charge in [0.05, 0.1) is 11.9 Å². The SMILES string of the molecule is Fc1c(Nc2ncnc3cnc(N4CCNC5(CC5)C4)nc23)ccc(OC(F)F)c1Cl. The van der Waals surface area contributed by atoms with Crippen molar-refractivity contribution in [2.75, 3.05) is 29.9 Å². The molecule has 0 unspecified atom stereocenters. The molecule has 2 aliphatic rings. The molecule has 1 aromatic carbocycles. The number of hydrogen-bond donors (Lipinski definition) is 2. The van der Waals surface area contributed by atoms with Crippen molar-refractivity contribution in [3.63, 3.8) is 0 Å². The van der Waals surface area contributed by atoms with E-state index in [1.807, 2.05) is 0 Å². The van der Waals surface area contributed by atoms with Crippen LogP contribution in [0.3, 0.4) is 0 Å². The number of piperazine rings is 1. The highest BCUT2D eigenvalue weighted by atomic mass is 35.5. The summed E-state index contributed by atoms with van der Waals surface area (Å²) in [6.45, 7) is -0.699. The second-order valence-electron chi connectivity index (χ2n) is 7.50. The normalized spacial score (nSPS) is 17.4. The highest BCUT2D eigenvalue weighted by molar-refractivity contribution is 6.32. The average Bonchev–Trinajstić information content (AvgIpc) is 3.51. The summed E-state index contributed by atoms with van der Waals surface area (Å²) in [6.07, 6.45) is 5.14. The molecule has 162 valence electrons. The Morgan fingerprint density at radius 1 is 1.23 bits per heavy atom. The number of nitrogens with zero attached hydrogens (tertiary/aromatic N) is 5. The topological polar surface area (TPSA) is 88.1 Å². The number of fused-ring (bicyclic) bond motifs is 1. The summed E-state index contributed by atoms with van der Waals surface area (Å²) in [5, 5.41) is 5.79. The van der Waals surface area contributed by atoms with Crippen LogP contribution in [0.2, 0.25) is 5.02 Å². The molecule has 3 aromatic rings. The van der Waals surface area contributed by atoms with Crippen LogP contribution in [0.1, 0.15) is 12.8 Å². The van der Waals surface area contributed by atoms with Crippen LogP contribution in [0.4, 0.5) is 30.6 Å². The molecule has 31 heavy (non-hydrogen) atoms. The summed E-state index contributed by atoms with van der Waals surface area (Å²) < 4.78 is 43.7. The number of alkyl halides is 2. The van der Waals surface area contributed by atoms with Gasteiger partial charge in [0.15, 0.2) is 11.6 Å². The lowest BCUT2D eigenvalue weighted by atomic mass is 10.2. The molecular weight excluding hydrogens is 435 g/mol. The number of nitrogens with one attached hydrogen (secondary N) is 2. The van der Waals surface area contributed by atoms with Crippen LogP contribution < -0.4 is 20.3 Å². The predicted octanol–water partition coefficient (Wildman–Crippen LogP) is 3.50. The zero-order valence-electron chi connectivity index (χ0n) is 16.1. The predicted molar refractivity (Wildman–Crippen MR) is 109 cm³/mol. The van der Waals surface area contributed by atoms with Crippen LogP contribution in [0.25, 0.3) is 11.0 Å². The smallest absolute Gasteiger partial charge is 0.387 e. The number of rotatable bonds is 5. The first-order valence-corrected chi connectivity index (χ1v) is 9.99. The summed E-state index contributed by atoms with van der Waals surface area (Å²) in [7, 11) is 0. The van der Waals surface area contributed by atoms with E-state index in [2.05, 4.69) is 40.2 Å². The zero-order valence-corrected chi connectivity index (χ0v) is 16.8. The van der Waals surface area contributed by atoms with Crippen LogP contribution in [-0.4, -0.2) is 51.7 Å². The zero-order chi connectivity index (χ0) is 21.6. The summed E-state index contributed by atoms with van der Waals surface area (Å²) in [4.78, 5) is 19.5. The average molecular weight is 452 g/mol. The maximum Gasteiger partial charge on any atom is 0.387 e. The van der Waals surface area contributed by atoms with Gasteiger partial charge in [-0.25, -0.2) is 24.3 Å². The molecule has 2 N–H and O–H groups in total. The number of ether oxygens (including phenoxy) is 1. The maximum atomic E-state index is 14.7. The molecule has 1 aliphatic carbocycles. The van der Waals surface area contributed by atoms with Crippen molar-refractivity contribution >= 4 is 40.1 Å². The Morgan fingerprint density at radius 2 is 2.06 bits per heavy atom. The summed E-state index contributed by atoms with van der Waals surface area (Å²) >= 11 is 5.84. The minimum Gasteiger partial charge on any atom is -0.433 e. The molecule has 1 aliphatic heterocycles. The number of anilines is 3. The molecule has 0 radical (unpaired) electrons. The van der Waals surface area contributed by atoms with Gasteiger partial charge in [-0.3, -0.25) is 0 Å². The fraction of sp³-hybridized carbons (Fsp3) is 0.368. The minimum atomic E-state index is -3.11. The number of benzene rings is 1. The number of halogens is 4. The van der Waals surface area contributed by atoms with Crippen LogP contribution in [0, 0.1) is 5.82 Å². The van der Waals surface area contributed by atoms with E-state index in [9.17, 15) is 13.2 Å². The van der Waals surface area contributed by atoms with E-state index >= 15 is 0 Å². The van der Waals surface area contributed by atoms with E-state index in [0.29, 0.717) is 17.0 Å². The Hall–Kier alpha value is -2.92. The lowest BCUT2D eigenvalue weighted by Gasteiger charge is -2.34. The third-order valence-corrected chi connectivity index (χ3v) is 5.74. The van der Waals surface area contributed by atoms with Gasteiger partial charge in [0, 0.05) is 25.2 Å². The van der Waals surface area contributed by atoms with Crippen molar-refractivity contribution in [2.45, 2.75) is 25.0 Å². The number of aromatic nitrogens is 4. The third-order valence-electron chi connectivity index (χ3n) is 5.39. The molecule has 2 fully saturated rings. The molecule has 0 bridgehead atoms. The van der Waals surface area contributed by atoms with Crippen molar-refractivity contribution in [1.82, 2.24) is 25.3 Å². The molecule has 1 saturated carbocycles. The molecule has 0 amide bonds. The second-order valence-corrected chi connectivity index (χ2v) is 7.88. The summed E-state index contributed by atoms with van der Waals surface area (Å²) in [5.74, 6) is -0.622. The maximum absolute atomic E-state index is 14.7. The molecule has 3 heterocycles. The van der Waals surface area contributed by atoms with E-state index < -0.39 is 23.2 Å². The van der Waals surface area contributed by atoms with E-state index in [4.69, 9.17) is 11.6 Å². The number of hydrogen-bond acceptors (Lipinski definition) is 8. The van der Waals surface area contributed by atoms with Crippen LogP contribution in [-0.2, 0) is 0 Å². The lowest BCUT2D eigenvalue weighted by Crippen LogP contribution is -2.53. The fourth-order valence-electron chi connectivity index (χ4n) is 3.64. The standard InChI is InChI=1S/C19H17ClF3N7O/c20-13-12(31-17(22)23)2-1-10(14(13)21)28-16-15-11(25-9-26-16)7-24-18(29-15)30-6-5-27-19(8-30)3-4-19/h1-2,7,9,17,27H,3-6,8H2,(H,25,26,28). The Kier molecular flexibility index (Phi) is 4.94. The van der Waals surface area contributed by atoms with Gasteiger partial charge in [0.2, 0.25) is 5.95 Å². The quantitative estimate of drug-likeness (QED) is 0.609. The fourth-order valence-corrected chi connectivity index (χ4v) is 3.85. The second kappa shape index (κ2) is 7.65. The van der Waals surface area contributed by atoms with Gasteiger partial charge in [-0.05, 0) is 25.0 Å². The van der Waals surface area contributed by atoms with Crippen LogP contribution >= 0.6 is 11.6 Å². The minimum absolute atomic E-state index is 0.0640. The van der Waals surface area contributed by atoms with Gasteiger partial charge >= 0.3 is 6.61 Å². The van der Waals surface area contributed by atoms with Gasteiger partial charge in [0.1, 0.15) is 28.1 Å². The highest BCUT2D eigenvalue weighted by Gasteiger charge is 2.46. The van der Waals surface area contributed by atoms with Gasteiger partial charge in [0.25, 0.3) is 0 Å². The molecule has 0 atom stereocenters. The van der Waals surface area contributed by atoms with Gasteiger partial charge in [-0.1, -0.05) is 11.6 Å². The van der Waals surface area contributed by atoms with E-state index in [-0.39, 0.29) is 17.0 Å². The Labute approximate surface area is 179 Å². The molecule has 5 rings (SSSR count). The van der Waals surface area contributed by atoms with E-state index in [1.54, 1.807) is 6.20 Å². The van der Waals surface area contributed by atoms with Crippen molar-refractivity contribution in [1.29, 1.82) is 0 Å². The summed E-state index contributed by atoms with van der Waals surface area (Å²) in [5.41, 5.74) is 0.958. The van der Waals surface area contributed by atoms with Gasteiger partial charge in [-0.2, -0.15) is 8.78 Å². The molecule has 8 nitrogen and oxygen atoms in total. The van der Waals surface area contributed by atoms with Crippen molar-refractivity contribution < 1.29 is 17.9 Å². The van der Waals surface area contributed by atoms with Crippen molar-refractivity contribution in [3.8, 4) is 5.75 Å². The lowest BCUT2D eigenvalue weighted by molar-refractivity contribution is -0.0499. The van der Waals surface area contributed by atoms with Crippen molar-refractivity contribution in [2.24, 2.45) is 0 Å². The Morgan fingerprint density at radius 3 is 2.84 bits per heavy atom. The molecule has 1 spiro atoms. The molecule has 1 saturated heterocycles. The molecule has 2 aromatic heterocycles. The highest BCUT2D eigenvalue weighted by Crippen LogP contribution is 2.38. The first-order chi connectivity index (χ1) is 14.9. The molecule has 12 heteroatoms. The third kappa shape index (κ3) is 3.90. The van der Waals surface area contributed by atoms with Gasteiger partial charge < -0.3 is 20.3 Å². The van der Waals surface area contributed by atoms with Gasteiger partial charge in [-0.15, -0.1) is 0 Å². The largest absolute Gasteiger partial charge is 0.433 e. The van der Waals surface area contributed by atoms with E-state index in [1.165, 1.54) is 12.4 Å². The summed E-state index contributed by atoms with van der Waals surface area (Å²) in [6, 6.07) is 2.39. The van der Waals surface area contributed by atoms with Crippen LogP contribution in [0.5, 0.6) is 5.75 Å². The van der Waals surface area contributed by atoms with Crippen LogP contribution in [0.15, 0.2) is 24.7 Å². The van der Waals surface area contributed by atoms with Crippen molar-refractivity contribution in [3.05, 3.63) is 35.5 Å². The Bertz CT molecular complexity index is 1140. The monoisotopic (exact) mass is 451 g/mol. The first-order valence-electron chi connectivity index (χ1n) is 9.62. The Balaban J connectivity index is 1.47. The molecular formula is C19H17ClF3N7O.